The first-order valence-corrected chi connectivity index (χ1v) is 7.38. The molecule has 5 heteroatoms. The molecule has 1 aromatic heterocycles. The van der Waals surface area contributed by atoms with Crippen molar-refractivity contribution in [3.8, 4) is 5.75 Å². The third-order valence-electron chi connectivity index (χ3n) is 2.31. The van der Waals surface area contributed by atoms with E-state index in [4.69, 9.17) is 27.9 Å². The number of thiophene rings is 1. The number of rotatable bonds is 3. The minimum absolute atomic E-state index is 0.0302. The molecule has 0 saturated carbocycles. The van der Waals surface area contributed by atoms with Crippen molar-refractivity contribution < 1.29 is 4.74 Å². The van der Waals surface area contributed by atoms with E-state index in [0.29, 0.717) is 10.0 Å². The summed E-state index contributed by atoms with van der Waals surface area (Å²) in [6, 6.07) is 7.44. The van der Waals surface area contributed by atoms with Crippen LogP contribution in [0.5, 0.6) is 5.75 Å². The second-order valence-corrected chi connectivity index (χ2v) is 6.12. The van der Waals surface area contributed by atoms with E-state index in [-0.39, 0.29) is 4.83 Å². The van der Waals surface area contributed by atoms with Crippen molar-refractivity contribution in [2.45, 2.75) is 4.83 Å². The Labute approximate surface area is 122 Å². The van der Waals surface area contributed by atoms with E-state index in [2.05, 4.69) is 15.9 Å². The fraction of sp³-hybridized carbons (Fsp3) is 0.167. The van der Waals surface area contributed by atoms with Crippen molar-refractivity contribution in [1.82, 2.24) is 0 Å². The van der Waals surface area contributed by atoms with E-state index in [1.54, 1.807) is 30.6 Å². The van der Waals surface area contributed by atoms with E-state index in [1.165, 1.54) is 0 Å². The van der Waals surface area contributed by atoms with Crippen molar-refractivity contribution in [3.63, 3.8) is 0 Å². The van der Waals surface area contributed by atoms with Gasteiger partial charge in [-0.25, -0.2) is 0 Å². The highest BCUT2D eigenvalue weighted by Gasteiger charge is 2.16. The van der Waals surface area contributed by atoms with Gasteiger partial charge in [0.1, 0.15) is 5.75 Å². The van der Waals surface area contributed by atoms with Gasteiger partial charge >= 0.3 is 0 Å². The van der Waals surface area contributed by atoms with Crippen LogP contribution in [-0.2, 0) is 0 Å². The molecule has 90 valence electrons. The first-order valence-electron chi connectivity index (χ1n) is 4.83. The minimum Gasteiger partial charge on any atom is -0.496 e. The lowest BCUT2D eigenvalue weighted by Gasteiger charge is -2.10. The molecule has 0 aliphatic heterocycles. The second-order valence-electron chi connectivity index (χ2n) is 3.42. The molecule has 1 heterocycles. The van der Waals surface area contributed by atoms with Crippen LogP contribution in [0.4, 0.5) is 0 Å². The summed E-state index contributed by atoms with van der Waals surface area (Å²) in [5, 5.41) is 3.34. The lowest BCUT2D eigenvalue weighted by molar-refractivity contribution is 0.416. The Hall–Kier alpha value is -0.220. The van der Waals surface area contributed by atoms with Gasteiger partial charge in [0.25, 0.3) is 0 Å². The molecule has 0 aliphatic carbocycles. The number of alkyl halides is 1. The van der Waals surface area contributed by atoms with Crippen LogP contribution in [0.3, 0.4) is 0 Å². The molecule has 17 heavy (non-hydrogen) atoms. The van der Waals surface area contributed by atoms with E-state index in [1.807, 2.05) is 17.5 Å². The molecule has 2 rings (SSSR count). The smallest absolute Gasteiger partial charge is 0.129 e. The van der Waals surface area contributed by atoms with Gasteiger partial charge in [-0.3, -0.25) is 0 Å². The van der Waals surface area contributed by atoms with E-state index >= 15 is 0 Å². The Bertz CT molecular complexity index is 527. The maximum Gasteiger partial charge on any atom is 0.129 e. The van der Waals surface area contributed by atoms with E-state index in [9.17, 15) is 0 Å². The summed E-state index contributed by atoms with van der Waals surface area (Å²) in [4.78, 5) is 1.16. The van der Waals surface area contributed by atoms with Crippen LogP contribution in [-0.4, -0.2) is 7.11 Å². The van der Waals surface area contributed by atoms with Crippen molar-refractivity contribution in [2.75, 3.05) is 7.11 Å². The molecular formula is C12H9BrCl2OS. The van der Waals surface area contributed by atoms with Gasteiger partial charge in [0, 0.05) is 20.3 Å². The van der Waals surface area contributed by atoms with Crippen LogP contribution in [0.15, 0.2) is 29.6 Å². The Morgan fingerprint density at radius 2 is 2.06 bits per heavy atom. The first kappa shape index (κ1) is 13.2. The SMILES string of the molecule is COc1csc(C(Br)c2cc(Cl)ccc2Cl)c1. The van der Waals surface area contributed by atoms with Crippen LogP contribution >= 0.6 is 50.5 Å². The number of hydrogen-bond donors (Lipinski definition) is 0. The summed E-state index contributed by atoms with van der Waals surface area (Å²) in [6.07, 6.45) is 0. The summed E-state index contributed by atoms with van der Waals surface area (Å²) in [5.41, 5.74) is 0.962. The van der Waals surface area contributed by atoms with Crippen molar-refractivity contribution in [1.29, 1.82) is 0 Å². The van der Waals surface area contributed by atoms with Gasteiger partial charge < -0.3 is 4.74 Å². The maximum absolute atomic E-state index is 6.17. The summed E-state index contributed by atoms with van der Waals surface area (Å²) >= 11 is 17.4. The van der Waals surface area contributed by atoms with Crippen LogP contribution in [0.25, 0.3) is 0 Å². The van der Waals surface area contributed by atoms with Gasteiger partial charge in [0.15, 0.2) is 0 Å². The monoisotopic (exact) mass is 350 g/mol. The fourth-order valence-corrected chi connectivity index (χ4v) is 3.66. The van der Waals surface area contributed by atoms with Crippen LogP contribution < -0.4 is 4.74 Å². The molecule has 1 aromatic carbocycles. The van der Waals surface area contributed by atoms with Gasteiger partial charge in [-0.1, -0.05) is 39.1 Å². The molecule has 0 fully saturated rings. The molecule has 1 unspecified atom stereocenters. The predicted octanol–water partition coefficient (Wildman–Crippen LogP) is 5.55. The normalized spacial score (nSPS) is 12.5. The van der Waals surface area contributed by atoms with Crippen LogP contribution in [0.2, 0.25) is 10.0 Å². The van der Waals surface area contributed by atoms with Gasteiger partial charge in [-0.05, 0) is 29.8 Å². The van der Waals surface area contributed by atoms with Crippen molar-refractivity contribution in [3.05, 3.63) is 50.1 Å². The minimum atomic E-state index is 0.0302. The highest BCUT2D eigenvalue weighted by atomic mass is 79.9. The predicted molar refractivity (Wildman–Crippen MR) is 78.1 cm³/mol. The summed E-state index contributed by atoms with van der Waals surface area (Å²) in [7, 11) is 1.65. The topological polar surface area (TPSA) is 9.23 Å². The van der Waals surface area contributed by atoms with Gasteiger partial charge in [-0.15, -0.1) is 11.3 Å². The highest BCUT2D eigenvalue weighted by molar-refractivity contribution is 9.09. The highest BCUT2D eigenvalue weighted by Crippen LogP contribution is 2.40. The van der Waals surface area contributed by atoms with Gasteiger partial charge in [0.05, 0.1) is 11.9 Å². The number of halogens is 3. The zero-order valence-corrected chi connectivity index (χ0v) is 12.8. The Kier molecular flexibility index (Phi) is 4.36. The molecule has 0 spiro atoms. The molecular weight excluding hydrogens is 343 g/mol. The second kappa shape index (κ2) is 5.61. The third-order valence-corrected chi connectivity index (χ3v) is 5.16. The summed E-state index contributed by atoms with van der Waals surface area (Å²) in [6.45, 7) is 0. The molecule has 0 aliphatic rings. The van der Waals surface area contributed by atoms with E-state index < -0.39 is 0 Å². The first-order chi connectivity index (χ1) is 8.11. The molecule has 1 atom stereocenters. The fourth-order valence-electron chi connectivity index (χ4n) is 1.44. The average molecular weight is 352 g/mol. The molecule has 0 amide bonds. The molecule has 0 saturated heterocycles. The Morgan fingerprint density at radius 3 is 2.71 bits per heavy atom. The van der Waals surface area contributed by atoms with Crippen LogP contribution in [0, 0.1) is 0 Å². The summed E-state index contributed by atoms with van der Waals surface area (Å²) in [5.74, 6) is 0.854. The number of hydrogen-bond acceptors (Lipinski definition) is 2. The third kappa shape index (κ3) is 2.97. The number of methoxy groups -OCH3 is 1. The maximum atomic E-state index is 6.17. The average Bonchev–Trinajstić information content (AvgIpc) is 2.80. The molecule has 1 nitrogen and oxygen atoms in total. The lowest BCUT2D eigenvalue weighted by atomic mass is 10.1. The number of benzene rings is 1. The van der Waals surface area contributed by atoms with Crippen molar-refractivity contribution >= 4 is 50.5 Å². The Morgan fingerprint density at radius 1 is 1.29 bits per heavy atom. The zero-order valence-electron chi connectivity index (χ0n) is 8.91. The number of ether oxygens (including phenoxy) is 1. The molecule has 0 bridgehead atoms. The molecule has 0 N–H and O–H groups in total. The standard InChI is InChI=1S/C12H9BrCl2OS/c1-16-8-5-11(17-6-8)12(13)9-4-7(14)2-3-10(9)15/h2-6,12H,1H3. The van der Waals surface area contributed by atoms with Crippen molar-refractivity contribution in [2.24, 2.45) is 0 Å². The molecule has 0 radical (unpaired) electrons. The summed E-state index contributed by atoms with van der Waals surface area (Å²) < 4.78 is 5.17. The largest absolute Gasteiger partial charge is 0.496 e. The van der Waals surface area contributed by atoms with Crippen LogP contribution in [0.1, 0.15) is 15.3 Å². The lowest BCUT2D eigenvalue weighted by Crippen LogP contribution is -1.91. The quantitative estimate of drug-likeness (QED) is 0.659. The van der Waals surface area contributed by atoms with E-state index in [0.717, 1.165) is 16.2 Å². The molecule has 2 aromatic rings. The zero-order chi connectivity index (χ0) is 12.4. The van der Waals surface area contributed by atoms with Gasteiger partial charge in [0.2, 0.25) is 0 Å². The Balaban J connectivity index is 2.35. The van der Waals surface area contributed by atoms with Gasteiger partial charge in [-0.2, -0.15) is 0 Å².